The van der Waals surface area contributed by atoms with E-state index in [2.05, 4.69) is 11.1 Å². The molecule has 1 aliphatic carbocycles. The minimum atomic E-state index is -3.89. The van der Waals surface area contributed by atoms with Crippen molar-refractivity contribution in [2.75, 3.05) is 26.2 Å². The number of hydrogen-bond acceptors (Lipinski definition) is 11. The highest BCUT2D eigenvalue weighted by Crippen LogP contribution is 2.63. The first-order valence-electron chi connectivity index (χ1n) is 13.4. The Morgan fingerprint density at radius 2 is 1.55 bits per heavy atom. The highest BCUT2D eigenvalue weighted by molar-refractivity contribution is 7.82. The second kappa shape index (κ2) is 10.7. The van der Waals surface area contributed by atoms with Crippen molar-refractivity contribution in [3.63, 3.8) is 0 Å². The number of nitrogens with zero attached hydrogens (tertiary/aromatic N) is 4. The highest BCUT2D eigenvalue weighted by Gasteiger charge is 2.69. The quantitative estimate of drug-likeness (QED) is 0.468. The molecule has 0 spiro atoms. The first kappa shape index (κ1) is 30.5. The Balaban J connectivity index is 0.000000189. The van der Waals surface area contributed by atoms with E-state index in [-0.39, 0.29) is 18.6 Å². The van der Waals surface area contributed by atoms with E-state index in [4.69, 9.17) is 17.8 Å². The van der Waals surface area contributed by atoms with Gasteiger partial charge in [0.15, 0.2) is 0 Å². The van der Waals surface area contributed by atoms with Crippen molar-refractivity contribution >= 4 is 33.9 Å². The van der Waals surface area contributed by atoms with Gasteiger partial charge in [-0.25, -0.2) is 22.9 Å². The lowest BCUT2D eigenvalue weighted by Gasteiger charge is -2.33. The van der Waals surface area contributed by atoms with Gasteiger partial charge in [-0.1, -0.05) is 0 Å². The fraction of sp³-hybridized carbons (Fsp3) is 0.769. The summed E-state index contributed by atoms with van der Waals surface area (Å²) in [6, 6.07) is 2.50. The summed E-state index contributed by atoms with van der Waals surface area (Å²) in [5, 5.41) is 12.6. The molecule has 0 radical (unpaired) electrons. The predicted molar refractivity (Wildman–Crippen MR) is 145 cm³/mol. The van der Waals surface area contributed by atoms with Gasteiger partial charge in [0.1, 0.15) is 33.8 Å². The summed E-state index contributed by atoms with van der Waals surface area (Å²) in [6.45, 7) is 14.7. The summed E-state index contributed by atoms with van der Waals surface area (Å²) in [4.78, 5) is 31.8. The molecular formula is C26H38N4O8S2. The topological polar surface area (TPSA) is 148 Å². The van der Waals surface area contributed by atoms with Crippen LogP contribution in [0, 0.1) is 30.1 Å². The molecule has 5 atom stereocenters. The van der Waals surface area contributed by atoms with E-state index < -0.39 is 45.3 Å². The molecule has 0 aromatic carbocycles. The monoisotopic (exact) mass is 598 g/mol. The molecular weight excluding hydrogens is 560 g/mol. The van der Waals surface area contributed by atoms with E-state index in [0.717, 1.165) is 17.1 Å². The second-order valence-electron chi connectivity index (χ2n) is 12.6. The number of carbonyl (C=O) groups is 2. The fourth-order valence-corrected chi connectivity index (χ4v) is 7.48. The number of piperidine rings is 2. The average molecular weight is 599 g/mol. The number of likely N-dealkylation sites (tertiary alicyclic amines) is 2. The van der Waals surface area contributed by atoms with Crippen molar-refractivity contribution in [1.82, 2.24) is 14.8 Å². The van der Waals surface area contributed by atoms with E-state index in [1.807, 2.05) is 33.1 Å². The number of hydrogen-bond donors (Lipinski definition) is 0. The Labute approximate surface area is 239 Å². The maximum Gasteiger partial charge on any atom is 0.410 e. The highest BCUT2D eigenvalue weighted by atomic mass is 32.3. The molecule has 4 heterocycles. The smallest absolute Gasteiger partial charge is 0.410 e. The summed E-state index contributed by atoms with van der Waals surface area (Å²) in [5.41, 5.74) is -0.596. The van der Waals surface area contributed by atoms with Gasteiger partial charge >= 0.3 is 22.6 Å². The average Bonchev–Trinajstić information content (AvgIpc) is 3.05. The van der Waals surface area contributed by atoms with Gasteiger partial charge in [-0.3, -0.25) is 0 Å². The van der Waals surface area contributed by atoms with Crippen LogP contribution in [0.2, 0.25) is 0 Å². The van der Waals surface area contributed by atoms with Crippen LogP contribution in [0.4, 0.5) is 9.59 Å². The minimum absolute atomic E-state index is 0.165. The largest absolute Gasteiger partial charge is 0.444 e. The molecule has 0 N–H and O–H groups in total. The standard InChI is InChI=1S/C16H21N3O2S.C10H17NO6S/c1-10-8-22-13(18-10)16(9-17)11-5-6-19(7-12(11)16)14(20)21-15(2,3)4;1-10(2,3)15-9(12)11-5-4-7-8(6-11)17-18(13,14)16-7/h8,11-12H,5-7H2,1-4H3;7-8H,4-6H2,1-3H3. The van der Waals surface area contributed by atoms with E-state index in [1.165, 1.54) is 4.90 Å². The van der Waals surface area contributed by atoms with E-state index in [0.29, 0.717) is 32.0 Å². The van der Waals surface area contributed by atoms with Crippen LogP contribution in [0.3, 0.4) is 0 Å². The molecule has 5 rings (SSSR count). The third-order valence-corrected chi connectivity index (χ3v) is 9.19. The zero-order chi connectivity index (χ0) is 29.7. The molecule has 4 aliphatic rings. The number of carbonyl (C=O) groups excluding carboxylic acids is 2. The molecule has 222 valence electrons. The Morgan fingerprint density at radius 3 is 2.08 bits per heavy atom. The molecule has 40 heavy (non-hydrogen) atoms. The third-order valence-electron chi connectivity index (χ3n) is 7.12. The summed E-state index contributed by atoms with van der Waals surface area (Å²) in [5.74, 6) is 0.506. The molecule has 3 aliphatic heterocycles. The zero-order valence-electron chi connectivity index (χ0n) is 24.0. The number of amides is 2. The maximum atomic E-state index is 12.2. The Bertz CT molecular complexity index is 1280. The molecule has 1 aromatic rings. The summed E-state index contributed by atoms with van der Waals surface area (Å²) in [7, 11) is -3.89. The maximum absolute atomic E-state index is 12.2. The van der Waals surface area contributed by atoms with Gasteiger partial charge in [-0.15, -0.1) is 11.3 Å². The molecule has 3 saturated heterocycles. The van der Waals surface area contributed by atoms with Crippen molar-refractivity contribution in [1.29, 1.82) is 5.26 Å². The van der Waals surface area contributed by atoms with Gasteiger partial charge in [0, 0.05) is 36.6 Å². The van der Waals surface area contributed by atoms with Crippen molar-refractivity contribution < 1.29 is 35.8 Å². The molecule has 1 aromatic heterocycles. The summed E-state index contributed by atoms with van der Waals surface area (Å²) in [6.07, 6.45) is -0.599. The number of aromatic nitrogens is 1. The lowest BCUT2D eigenvalue weighted by Crippen LogP contribution is -2.49. The van der Waals surface area contributed by atoms with E-state index in [1.54, 1.807) is 37.0 Å². The van der Waals surface area contributed by atoms with Crippen LogP contribution in [0.15, 0.2) is 5.38 Å². The van der Waals surface area contributed by atoms with Crippen LogP contribution in [-0.4, -0.2) is 85.0 Å². The first-order valence-corrected chi connectivity index (χ1v) is 15.6. The molecule has 14 heteroatoms. The fourth-order valence-electron chi connectivity index (χ4n) is 5.34. The number of fused-ring (bicyclic) bond motifs is 2. The van der Waals surface area contributed by atoms with Crippen molar-refractivity contribution in [3.8, 4) is 6.07 Å². The second-order valence-corrected chi connectivity index (χ2v) is 14.7. The van der Waals surface area contributed by atoms with E-state index >= 15 is 0 Å². The minimum Gasteiger partial charge on any atom is -0.444 e. The molecule has 1 saturated carbocycles. The van der Waals surface area contributed by atoms with Gasteiger partial charge in [0.2, 0.25) is 0 Å². The van der Waals surface area contributed by atoms with Gasteiger partial charge in [0.05, 0.1) is 12.6 Å². The number of nitriles is 1. The van der Waals surface area contributed by atoms with Gasteiger partial charge < -0.3 is 19.3 Å². The lowest BCUT2D eigenvalue weighted by atomic mass is 10.0. The first-order chi connectivity index (χ1) is 18.4. The zero-order valence-corrected chi connectivity index (χ0v) is 25.6. The molecule has 2 amide bonds. The van der Waals surface area contributed by atoms with Crippen molar-refractivity contribution in [2.24, 2.45) is 11.8 Å². The molecule has 4 fully saturated rings. The number of thiazole rings is 1. The summed E-state index contributed by atoms with van der Waals surface area (Å²) < 4.78 is 42.4. The molecule has 0 bridgehead atoms. The van der Waals surface area contributed by atoms with Gasteiger partial charge in [-0.2, -0.15) is 13.7 Å². The van der Waals surface area contributed by atoms with E-state index in [9.17, 15) is 23.3 Å². The van der Waals surface area contributed by atoms with Crippen molar-refractivity contribution in [3.05, 3.63) is 16.1 Å². The van der Waals surface area contributed by atoms with Crippen LogP contribution < -0.4 is 0 Å². The van der Waals surface area contributed by atoms with Crippen LogP contribution in [0.5, 0.6) is 0 Å². The van der Waals surface area contributed by atoms with Crippen molar-refractivity contribution in [2.45, 2.75) is 90.1 Å². The lowest BCUT2D eigenvalue weighted by molar-refractivity contribution is -0.000796. The third kappa shape index (κ3) is 6.70. The van der Waals surface area contributed by atoms with Gasteiger partial charge in [0.25, 0.3) is 0 Å². The number of rotatable bonds is 1. The van der Waals surface area contributed by atoms with Gasteiger partial charge in [-0.05, 0) is 67.2 Å². The van der Waals surface area contributed by atoms with Crippen LogP contribution >= 0.6 is 11.3 Å². The molecule has 12 nitrogen and oxygen atoms in total. The molecule has 5 unspecified atom stereocenters. The van der Waals surface area contributed by atoms with Crippen LogP contribution in [0.1, 0.15) is 65.1 Å². The SMILES string of the molecule is CC(C)(C)OC(=O)N1CCC2OS(=O)(=O)OC2C1.Cc1csc(C2(C#N)C3CCN(C(=O)OC(C)(C)C)CC32)n1. The Kier molecular flexibility index (Phi) is 8.19. The Morgan fingerprint density at radius 1 is 1.00 bits per heavy atom. The Hall–Kier alpha value is -2.47. The predicted octanol–water partition coefficient (Wildman–Crippen LogP) is 3.76. The number of ether oxygens (including phenoxy) is 2. The number of aryl methyl sites for hydroxylation is 1. The van der Waals surface area contributed by atoms with Crippen LogP contribution in [-0.2, 0) is 33.7 Å². The summed E-state index contributed by atoms with van der Waals surface area (Å²) >= 11 is 1.56. The van der Waals surface area contributed by atoms with Crippen LogP contribution in [0.25, 0.3) is 0 Å². The normalized spacial score (nSPS) is 30.6.